The maximum Gasteiger partial charge on any atom is 0.143 e. The highest BCUT2D eigenvalue weighted by molar-refractivity contribution is 7.13. The van der Waals surface area contributed by atoms with E-state index in [1.165, 1.54) is 11.5 Å². The Morgan fingerprint density at radius 1 is 1.50 bits per heavy atom. The van der Waals surface area contributed by atoms with Gasteiger partial charge in [-0.1, -0.05) is 11.4 Å². The number of hydrogen-bond acceptors (Lipinski definition) is 5. The van der Waals surface area contributed by atoms with Crippen molar-refractivity contribution < 1.29 is 4.74 Å². The van der Waals surface area contributed by atoms with Crippen LogP contribution in [0.3, 0.4) is 0 Å². The highest BCUT2D eigenvalue weighted by atomic mass is 32.1. The van der Waals surface area contributed by atoms with E-state index < -0.39 is 0 Å². The second-order valence-electron chi connectivity index (χ2n) is 2.95. The standard InChI is InChI=1S/C9H11N3OS/c1-2-5-13-7-4-3-6-9(8(7)10)14-12-11-6/h3-4H,2,5,10H2,1H3. The maximum atomic E-state index is 5.91. The highest BCUT2D eigenvalue weighted by Gasteiger charge is 2.07. The first-order valence-electron chi connectivity index (χ1n) is 4.46. The van der Waals surface area contributed by atoms with Crippen LogP contribution in [-0.4, -0.2) is 16.2 Å². The molecule has 0 aliphatic carbocycles. The highest BCUT2D eigenvalue weighted by Crippen LogP contribution is 2.31. The largest absolute Gasteiger partial charge is 0.491 e. The van der Waals surface area contributed by atoms with Crippen LogP contribution in [0.4, 0.5) is 5.69 Å². The van der Waals surface area contributed by atoms with E-state index in [1.807, 2.05) is 12.1 Å². The molecule has 0 saturated heterocycles. The third-order valence-electron chi connectivity index (χ3n) is 1.88. The normalized spacial score (nSPS) is 10.6. The Labute approximate surface area is 85.9 Å². The van der Waals surface area contributed by atoms with E-state index in [0.717, 1.165) is 22.4 Å². The third-order valence-corrected chi connectivity index (χ3v) is 2.65. The predicted octanol–water partition coefficient (Wildman–Crippen LogP) is 2.06. The fraction of sp³-hybridized carbons (Fsp3) is 0.333. The summed E-state index contributed by atoms with van der Waals surface area (Å²) in [6.07, 6.45) is 0.971. The summed E-state index contributed by atoms with van der Waals surface area (Å²) >= 11 is 1.30. The van der Waals surface area contributed by atoms with E-state index >= 15 is 0 Å². The first kappa shape index (κ1) is 9.21. The number of benzene rings is 1. The molecule has 0 amide bonds. The number of anilines is 1. The van der Waals surface area contributed by atoms with Crippen molar-refractivity contribution in [1.82, 2.24) is 9.59 Å². The van der Waals surface area contributed by atoms with Gasteiger partial charge in [-0.25, -0.2) is 0 Å². The Morgan fingerprint density at radius 2 is 2.36 bits per heavy atom. The second-order valence-corrected chi connectivity index (χ2v) is 3.70. The van der Waals surface area contributed by atoms with E-state index in [4.69, 9.17) is 10.5 Å². The molecule has 2 aromatic rings. The van der Waals surface area contributed by atoms with Gasteiger partial charge in [0.2, 0.25) is 0 Å². The lowest BCUT2D eigenvalue weighted by Crippen LogP contribution is -1.98. The molecule has 0 fully saturated rings. The Bertz CT molecular complexity index is 441. The van der Waals surface area contributed by atoms with E-state index in [-0.39, 0.29) is 0 Å². The van der Waals surface area contributed by atoms with Crippen LogP contribution in [0.2, 0.25) is 0 Å². The summed E-state index contributed by atoms with van der Waals surface area (Å²) in [5, 5.41) is 3.93. The van der Waals surface area contributed by atoms with Crippen LogP contribution in [0.1, 0.15) is 13.3 Å². The van der Waals surface area contributed by atoms with Gasteiger partial charge in [0, 0.05) is 0 Å². The van der Waals surface area contributed by atoms with Crippen LogP contribution in [0.25, 0.3) is 10.2 Å². The van der Waals surface area contributed by atoms with Crippen LogP contribution in [0.5, 0.6) is 5.75 Å². The van der Waals surface area contributed by atoms with E-state index in [2.05, 4.69) is 16.5 Å². The summed E-state index contributed by atoms with van der Waals surface area (Å²) in [6, 6.07) is 3.72. The Hall–Kier alpha value is -1.36. The van der Waals surface area contributed by atoms with E-state index in [1.54, 1.807) is 0 Å². The van der Waals surface area contributed by atoms with Crippen molar-refractivity contribution in [2.45, 2.75) is 13.3 Å². The Morgan fingerprint density at radius 3 is 3.14 bits per heavy atom. The van der Waals surface area contributed by atoms with Gasteiger partial charge in [0.25, 0.3) is 0 Å². The molecule has 0 aliphatic heterocycles. The molecule has 0 radical (unpaired) electrons. The topological polar surface area (TPSA) is 61.0 Å². The zero-order valence-corrected chi connectivity index (χ0v) is 8.67. The third kappa shape index (κ3) is 1.50. The van der Waals surface area contributed by atoms with Gasteiger partial charge in [-0.3, -0.25) is 0 Å². The number of ether oxygens (including phenoxy) is 1. The van der Waals surface area contributed by atoms with Crippen LogP contribution in [-0.2, 0) is 0 Å². The fourth-order valence-electron chi connectivity index (χ4n) is 1.19. The first-order valence-corrected chi connectivity index (χ1v) is 5.23. The summed E-state index contributed by atoms with van der Waals surface area (Å²) in [6.45, 7) is 2.74. The molecule has 0 bridgehead atoms. The van der Waals surface area contributed by atoms with Crippen LogP contribution in [0.15, 0.2) is 12.1 Å². The zero-order chi connectivity index (χ0) is 9.97. The van der Waals surface area contributed by atoms with Gasteiger partial charge in [0.05, 0.1) is 12.3 Å². The van der Waals surface area contributed by atoms with Crippen molar-refractivity contribution in [3.8, 4) is 5.75 Å². The van der Waals surface area contributed by atoms with Crippen LogP contribution in [0, 0.1) is 0 Å². The molecule has 0 atom stereocenters. The van der Waals surface area contributed by atoms with Crippen LogP contribution < -0.4 is 10.5 Å². The number of fused-ring (bicyclic) bond motifs is 1. The molecule has 1 aromatic heterocycles. The average Bonchev–Trinajstić information content (AvgIpc) is 2.66. The molecule has 1 aromatic carbocycles. The molecule has 4 nitrogen and oxygen atoms in total. The van der Waals surface area contributed by atoms with Crippen LogP contribution >= 0.6 is 11.5 Å². The second kappa shape index (κ2) is 3.79. The summed E-state index contributed by atoms with van der Waals surface area (Å²) < 4.78 is 10.2. The van der Waals surface area contributed by atoms with E-state index in [0.29, 0.717) is 12.3 Å². The van der Waals surface area contributed by atoms with Crippen molar-refractivity contribution >= 4 is 27.4 Å². The minimum absolute atomic E-state index is 0.644. The maximum absolute atomic E-state index is 5.91. The van der Waals surface area contributed by atoms with Gasteiger partial charge >= 0.3 is 0 Å². The number of hydrogen-bond donors (Lipinski definition) is 1. The monoisotopic (exact) mass is 209 g/mol. The van der Waals surface area contributed by atoms with Gasteiger partial charge < -0.3 is 10.5 Å². The van der Waals surface area contributed by atoms with Crippen molar-refractivity contribution in [1.29, 1.82) is 0 Å². The molecule has 2 N–H and O–H groups in total. The lowest BCUT2D eigenvalue weighted by molar-refractivity contribution is 0.319. The number of nitrogens with two attached hydrogens (primary N) is 1. The number of aromatic nitrogens is 2. The van der Waals surface area contributed by atoms with Crippen molar-refractivity contribution in [3.63, 3.8) is 0 Å². The Balaban J connectivity index is 2.40. The van der Waals surface area contributed by atoms with Crippen molar-refractivity contribution in [2.75, 3.05) is 12.3 Å². The average molecular weight is 209 g/mol. The molecule has 14 heavy (non-hydrogen) atoms. The smallest absolute Gasteiger partial charge is 0.143 e. The first-order chi connectivity index (χ1) is 6.83. The van der Waals surface area contributed by atoms with E-state index in [9.17, 15) is 0 Å². The predicted molar refractivity (Wildman–Crippen MR) is 57.6 cm³/mol. The molecule has 0 aliphatic rings. The molecule has 0 spiro atoms. The Kier molecular flexibility index (Phi) is 2.49. The lowest BCUT2D eigenvalue weighted by atomic mass is 10.3. The number of nitrogens with zero attached hydrogens (tertiary/aromatic N) is 2. The minimum Gasteiger partial charge on any atom is -0.491 e. The van der Waals surface area contributed by atoms with Crippen molar-refractivity contribution in [3.05, 3.63) is 12.1 Å². The minimum atomic E-state index is 0.644. The molecule has 0 unspecified atom stereocenters. The van der Waals surface area contributed by atoms with Gasteiger partial charge in [0.1, 0.15) is 16.0 Å². The summed E-state index contributed by atoms with van der Waals surface area (Å²) in [7, 11) is 0. The summed E-state index contributed by atoms with van der Waals surface area (Å²) in [5.74, 6) is 0.727. The number of nitrogen functional groups attached to an aromatic ring is 1. The SMILES string of the molecule is CCCOc1ccc2nnsc2c1N. The fourth-order valence-corrected chi connectivity index (χ4v) is 1.80. The van der Waals surface area contributed by atoms with Gasteiger partial charge in [-0.05, 0) is 30.1 Å². The molecule has 0 saturated carbocycles. The van der Waals surface area contributed by atoms with Gasteiger partial charge in [-0.2, -0.15) is 0 Å². The summed E-state index contributed by atoms with van der Waals surface area (Å²) in [4.78, 5) is 0. The molecular formula is C9H11N3OS. The molecule has 2 rings (SSSR count). The quantitative estimate of drug-likeness (QED) is 0.786. The van der Waals surface area contributed by atoms with Crippen molar-refractivity contribution in [2.24, 2.45) is 0 Å². The van der Waals surface area contributed by atoms with Gasteiger partial charge in [-0.15, -0.1) is 5.10 Å². The van der Waals surface area contributed by atoms with Gasteiger partial charge in [0.15, 0.2) is 0 Å². The summed E-state index contributed by atoms with van der Waals surface area (Å²) in [5.41, 5.74) is 7.38. The zero-order valence-electron chi connectivity index (χ0n) is 7.86. The molecule has 74 valence electrons. The number of rotatable bonds is 3. The lowest BCUT2D eigenvalue weighted by Gasteiger charge is -2.06. The molecule has 5 heteroatoms. The molecular weight excluding hydrogens is 198 g/mol. The molecule has 1 heterocycles.